The predicted octanol–water partition coefficient (Wildman–Crippen LogP) is 3.64. The van der Waals surface area contributed by atoms with Crippen LogP contribution in [-0.4, -0.2) is 58.2 Å². The van der Waals surface area contributed by atoms with Crippen LogP contribution in [0.1, 0.15) is 70.6 Å². The summed E-state index contributed by atoms with van der Waals surface area (Å²) in [6.45, 7) is 0.713. The highest BCUT2D eigenvalue weighted by Crippen LogP contribution is 2.51. The van der Waals surface area contributed by atoms with E-state index in [1.807, 2.05) is 0 Å². The van der Waals surface area contributed by atoms with Gasteiger partial charge in [0.1, 0.15) is 5.44 Å². The molecule has 4 rings (SSSR count). The van der Waals surface area contributed by atoms with Crippen LogP contribution < -0.4 is 0 Å². The third-order valence-electron chi connectivity index (χ3n) is 6.87. The van der Waals surface area contributed by atoms with Gasteiger partial charge in [-0.15, -0.1) is 0 Å². The maximum absolute atomic E-state index is 13.7. The van der Waals surface area contributed by atoms with Crippen LogP contribution in [0.2, 0.25) is 0 Å². The molecular weight excluding hydrogens is 416 g/mol. The summed E-state index contributed by atoms with van der Waals surface area (Å²) in [5, 5.41) is -0.0685. The molecule has 0 bridgehead atoms. The second-order valence-corrected chi connectivity index (χ2v) is 14.0. The first kappa shape index (κ1) is 21.6. The normalized spacial score (nSPS) is 44.8. The van der Waals surface area contributed by atoms with Crippen LogP contribution >= 0.6 is 11.8 Å². The summed E-state index contributed by atoms with van der Waals surface area (Å²) in [7, 11) is -4.56. The third-order valence-corrected chi connectivity index (χ3v) is 12.6. The van der Waals surface area contributed by atoms with E-state index in [2.05, 4.69) is 0 Å². The van der Waals surface area contributed by atoms with Gasteiger partial charge < -0.3 is 9.47 Å². The van der Waals surface area contributed by atoms with Crippen molar-refractivity contribution in [3.63, 3.8) is 0 Å². The van der Waals surface area contributed by atoms with Gasteiger partial charge in [-0.2, -0.15) is 11.8 Å². The van der Waals surface area contributed by atoms with E-state index >= 15 is 0 Å². The molecule has 0 spiro atoms. The molecule has 0 N–H and O–H groups in total. The summed E-state index contributed by atoms with van der Waals surface area (Å²) in [6, 6.07) is 0. The first-order valence-corrected chi connectivity index (χ1v) is 15.1. The topological polar surface area (TPSA) is 69.7 Å². The van der Waals surface area contributed by atoms with Crippen LogP contribution in [0.5, 0.6) is 0 Å². The number of sulfone groups is 1. The Morgan fingerprint density at radius 1 is 0.964 bits per heavy atom. The molecule has 5 nitrogen and oxygen atoms in total. The first-order chi connectivity index (χ1) is 13.5. The van der Waals surface area contributed by atoms with Crippen molar-refractivity contribution < 1.29 is 22.1 Å². The van der Waals surface area contributed by atoms with Crippen molar-refractivity contribution in [2.24, 2.45) is 5.92 Å². The molecule has 28 heavy (non-hydrogen) atoms. The first-order valence-electron chi connectivity index (χ1n) is 11.0. The standard InChI is InChI=1S/C20H34O5S3/c21-27-14-6-3-11-19(27)25-20(18-10-2-5-13-26-18)16(8-7-15-28(20,22)23)17-9-1-4-12-24-17/h16-19H,1-15H2. The molecule has 162 valence electrons. The molecular formula is C20H34O5S3. The molecule has 4 fully saturated rings. The van der Waals surface area contributed by atoms with E-state index in [0.717, 1.165) is 63.5 Å². The highest BCUT2D eigenvalue weighted by atomic mass is 32.2. The van der Waals surface area contributed by atoms with Crippen LogP contribution in [0.25, 0.3) is 0 Å². The molecule has 8 heteroatoms. The average Bonchev–Trinajstić information content (AvgIpc) is 2.72. The van der Waals surface area contributed by atoms with Gasteiger partial charge in [0.25, 0.3) is 0 Å². The Balaban J connectivity index is 1.74. The summed E-state index contributed by atoms with van der Waals surface area (Å²) < 4.78 is 53.0. The van der Waals surface area contributed by atoms with Crippen LogP contribution in [0, 0.1) is 5.92 Å². The Morgan fingerprint density at radius 3 is 2.50 bits per heavy atom. The Morgan fingerprint density at radius 2 is 1.79 bits per heavy atom. The fraction of sp³-hybridized carbons (Fsp3) is 1.00. The molecule has 4 aliphatic rings. The van der Waals surface area contributed by atoms with Crippen LogP contribution in [-0.2, 0) is 30.1 Å². The Hall–Kier alpha value is 0.370. The molecule has 0 aliphatic carbocycles. The molecule has 4 heterocycles. The van der Waals surface area contributed by atoms with E-state index in [1.165, 1.54) is 0 Å². The van der Waals surface area contributed by atoms with Crippen molar-refractivity contribution >= 4 is 32.4 Å². The molecule has 0 aromatic heterocycles. The van der Waals surface area contributed by atoms with E-state index in [-0.39, 0.29) is 23.0 Å². The van der Waals surface area contributed by atoms with Gasteiger partial charge >= 0.3 is 0 Å². The number of hydrogen-bond donors (Lipinski definition) is 0. The largest absolute Gasteiger partial charge is 0.378 e. The highest BCUT2D eigenvalue weighted by molar-refractivity contribution is 8.01. The van der Waals surface area contributed by atoms with Crippen molar-refractivity contribution in [2.45, 2.75) is 92.4 Å². The fourth-order valence-corrected chi connectivity index (χ4v) is 11.5. The zero-order valence-electron chi connectivity index (χ0n) is 16.7. The van der Waals surface area contributed by atoms with Gasteiger partial charge in [-0.1, -0.05) is 6.42 Å². The number of rotatable bonds is 4. The number of thioether (sulfide) groups is 1. The summed E-state index contributed by atoms with van der Waals surface area (Å²) >= 11 is 1.77. The van der Waals surface area contributed by atoms with Crippen LogP contribution in [0.4, 0.5) is 0 Å². The minimum Gasteiger partial charge on any atom is -0.378 e. The minimum atomic E-state index is -3.46. The third kappa shape index (κ3) is 4.10. The van der Waals surface area contributed by atoms with Crippen molar-refractivity contribution in [1.82, 2.24) is 0 Å². The molecule has 0 radical (unpaired) electrons. The lowest BCUT2D eigenvalue weighted by Crippen LogP contribution is -2.64. The molecule has 0 amide bonds. The minimum absolute atomic E-state index is 0.0524. The number of hydrogen-bond acceptors (Lipinski definition) is 6. The van der Waals surface area contributed by atoms with Crippen molar-refractivity contribution in [1.29, 1.82) is 0 Å². The Kier molecular flexibility index (Phi) is 7.13. The predicted molar refractivity (Wildman–Crippen MR) is 115 cm³/mol. The summed E-state index contributed by atoms with van der Waals surface area (Å²) in [6.07, 6.45) is 10.2. The summed E-state index contributed by atoms with van der Waals surface area (Å²) in [4.78, 5) is -1.23. The Labute approximate surface area is 176 Å². The van der Waals surface area contributed by atoms with Gasteiger partial charge in [-0.05, 0) is 70.0 Å². The van der Waals surface area contributed by atoms with Crippen molar-refractivity contribution in [2.75, 3.05) is 23.9 Å². The quantitative estimate of drug-likeness (QED) is 0.651. The van der Waals surface area contributed by atoms with Crippen molar-refractivity contribution in [3.8, 4) is 0 Å². The molecule has 0 aromatic rings. The fourth-order valence-electron chi connectivity index (χ4n) is 5.48. The van der Waals surface area contributed by atoms with Gasteiger partial charge in [-0.3, -0.25) is 4.21 Å². The van der Waals surface area contributed by atoms with E-state index in [1.54, 1.807) is 11.8 Å². The number of ether oxygens (including phenoxy) is 2. The van der Waals surface area contributed by atoms with Gasteiger partial charge in [-0.25, -0.2) is 8.42 Å². The van der Waals surface area contributed by atoms with E-state index in [0.29, 0.717) is 25.2 Å². The SMILES string of the molecule is O=S1CCCCC1OC1(C2CCCCS2)C(C2CCCCO2)CCCS1(=O)=O. The van der Waals surface area contributed by atoms with Crippen LogP contribution in [0.15, 0.2) is 0 Å². The van der Waals surface area contributed by atoms with E-state index < -0.39 is 31.0 Å². The van der Waals surface area contributed by atoms with Crippen molar-refractivity contribution in [3.05, 3.63) is 0 Å². The molecule has 4 saturated heterocycles. The lowest BCUT2D eigenvalue weighted by Gasteiger charge is -2.52. The van der Waals surface area contributed by atoms with E-state index in [9.17, 15) is 12.6 Å². The van der Waals surface area contributed by atoms with Crippen LogP contribution in [0.3, 0.4) is 0 Å². The Bertz CT molecular complexity index is 655. The lowest BCUT2D eigenvalue weighted by atomic mass is 9.83. The molecule has 4 aliphatic heterocycles. The molecule has 6 unspecified atom stereocenters. The average molecular weight is 451 g/mol. The second kappa shape index (κ2) is 9.25. The maximum atomic E-state index is 13.7. The smallest absolute Gasteiger partial charge is 0.187 e. The van der Waals surface area contributed by atoms with Gasteiger partial charge in [0.05, 0.1) is 22.7 Å². The van der Waals surface area contributed by atoms with Gasteiger partial charge in [0.15, 0.2) is 14.8 Å². The van der Waals surface area contributed by atoms with Gasteiger partial charge in [0.2, 0.25) is 0 Å². The second-order valence-electron chi connectivity index (χ2n) is 8.68. The van der Waals surface area contributed by atoms with Gasteiger partial charge in [0, 0.05) is 23.5 Å². The maximum Gasteiger partial charge on any atom is 0.187 e. The monoisotopic (exact) mass is 450 g/mol. The van der Waals surface area contributed by atoms with E-state index in [4.69, 9.17) is 9.47 Å². The zero-order valence-corrected chi connectivity index (χ0v) is 19.1. The summed E-state index contributed by atoms with van der Waals surface area (Å²) in [5.41, 5.74) is -0.449. The molecule has 6 atom stereocenters. The lowest BCUT2D eigenvalue weighted by molar-refractivity contribution is -0.117. The molecule has 0 saturated carbocycles. The zero-order chi connectivity index (χ0) is 19.6. The summed E-state index contributed by atoms with van der Waals surface area (Å²) in [5.74, 6) is 1.66. The molecule has 0 aromatic carbocycles. The highest BCUT2D eigenvalue weighted by Gasteiger charge is 2.62.